The van der Waals surface area contributed by atoms with E-state index in [0.29, 0.717) is 22.3 Å². The first kappa shape index (κ1) is 21.4. The summed E-state index contributed by atoms with van der Waals surface area (Å²) in [6, 6.07) is 17.2. The van der Waals surface area contributed by atoms with E-state index in [0.717, 1.165) is 0 Å². The Morgan fingerprint density at radius 3 is 2.27 bits per heavy atom. The second kappa shape index (κ2) is 9.45. The van der Waals surface area contributed by atoms with Crippen molar-refractivity contribution in [2.75, 3.05) is 0 Å². The highest BCUT2D eigenvalue weighted by atomic mass is 35.5. The molecule has 0 aromatic heterocycles. The number of aromatic carboxylic acids is 1. The molecule has 1 N–H and O–H groups in total. The Bertz CT molecular complexity index is 1140. The van der Waals surface area contributed by atoms with E-state index in [2.05, 4.69) is 6.07 Å². The zero-order chi connectivity index (χ0) is 21.7. The summed E-state index contributed by atoms with van der Waals surface area (Å²) >= 11 is 12.6. The van der Waals surface area contributed by atoms with Crippen molar-refractivity contribution in [3.05, 3.63) is 98.8 Å². The topological polar surface area (TPSA) is 70.3 Å². The average molecular weight is 442 g/mol. The number of rotatable bonds is 6. The molecule has 3 aromatic rings. The van der Waals surface area contributed by atoms with E-state index in [1.807, 2.05) is 0 Å². The van der Waals surface area contributed by atoms with Crippen LogP contribution in [-0.2, 0) is 6.61 Å². The number of hydrogen-bond donors (Lipinski definition) is 1. The maximum atomic E-state index is 13.3. The fourth-order valence-electron chi connectivity index (χ4n) is 2.72. The molecule has 0 heterocycles. The third-order valence-corrected chi connectivity index (χ3v) is 4.73. The van der Waals surface area contributed by atoms with Gasteiger partial charge in [-0.15, -0.1) is 0 Å². The van der Waals surface area contributed by atoms with Crippen LogP contribution in [0.3, 0.4) is 0 Å². The molecule has 7 heteroatoms. The van der Waals surface area contributed by atoms with Crippen molar-refractivity contribution in [1.82, 2.24) is 0 Å². The summed E-state index contributed by atoms with van der Waals surface area (Å²) in [5.41, 5.74) is 2.19. The summed E-state index contributed by atoms with van der Waals surface area (Å²) in [5.74, 6) is -1.16. The predicted octanol–water partition coefficient (Wildman–Crippen LogP) is 6.47. The van der Waals surface area contributed by atoms with Crippen LogP contribution in [-0.4, -0.2) is 11.1 Å². The first-order valence-corrected chi connectivity index (χ1v) is 9.45. The zero-order valence-electron chi connectivity index (χ0n) is 15.4. The Morgan fingerprint density at radius 2 is 1.70 bits per heavy atom. The second-order valence-corrected chi connectivity index (χ2v) is 7.10. The normalized spacial score (nSPS) is 11.1. The minimum absolute atomic E-state index is 0.0890. The van der Waals surface area contributed by atoms with E-state index in [9.17, 15) is 14.4 Å². The Balaban J connectivity index is 1.84. The zero-order valence-corrected chi connectivity index (χ0v) is 16.9. The average Bonchev–Trinajstić information content (AvgIpc) is 2.71. The van der Waals surface area contributed by atoms with Crippen molar-refractivity contribution in [3.8, 4) is 11.8 Å². The lowest BCUT2D eigenvalue weighted by atomic mass is 10.0. The molecule has 0 amide bonds. The van der Waals surface area contributed by atoms with E-state index in [-0.39, 0.29) is 33.8 Å². The number of ether oxygens (including phenoxy) is 1. The fraction of sp³-hybridized carbons (Fsp3) is 0.0435. The van der Waals surface area contributed by atoms with Crippen LogP contribution in [0.5, 0.6) is 5.75 Å². The molecular weight excluding hydrogens is 428 g/mol. The van der Waals surface area contributed by atoms with Crippen molar-refractivity contribution < 1.29 is 19.0 Å². The molecule has 0 unspecified atom stereocenters. The number of nitrogens with zero attached hydrogens (tertiary/aromatic N) is 1. The summed E-state index contributed by atoms with van der Waals surface area (Å²) in [6.45, 7) is 0.0890. The third-order valence-electron chi connectivity index (χ3n) is 4.17. The largest absolute Gasteiger partial charge is 0.486 e. The number of carbonyl (C=O) groups is 1. The Labute approximate surface area is 182 Å². The molecule has 0 spiro atoms. The highest BCUT2D eigenvalue weighted by Crippen LogP contribution is 2.36. The number of hydrogen-bond acceptors (Lipinski definition) is 3. The van der Waals surface area contributed by atoms with Gasteiger partial charge in [0.15, 0.2) is 5.75 Å². The quantitative estimate of drug-likeness (QED) is 0.351. The van der Waals surface area contributed by atoms with Crippen LogP contribution < -0.4 is 4.74 Å². The second-order valence-electron chi connectivity index (χ2n) is 6.28. The van der Waals surface area contributed by atoms with Crippen molar-refractivity contribution in [3.63, 3.8) is 0 Å². The molecule has 0 aliphatic rings. The summed E-state index contributed by atoms with van der Waals surface area (Å²) in [7, 11) is 0. The van der Waals surface area contributed by atoms with Gasteiger partial charge in [0.25, 0.3) is 0 Å². The molecule has 0 saturated heterocycles. The molecule has 150 valence electrons. The standard InChI is InChI=1S/C23H14Cl2FNO3/c24-20-10-15(8-18(12-27)16-4-6-17(7-5-16)23(28)29)11-21(25)22(20)30-13-14-2-1-3-19(26)9-14/h1-11H,13H2,(H,28,29)/b18-8-. The van der Waals surface area contributed by atoms with Crippen LogP contribution in [0.25, 0.3) is 11.6 Å². The minimum atomic E-state index is -1.04. The Kier molecular flexibility index (Phi) is 6.73. The third kappa shape index (κ3) is 5.18. The monoisotopic (exact) mass is 441 g/mol. The molecule has 0 bridgehead atoms. The molecule has 0 atom stereocenters. The van der Waals surface area contributed by atoms with Crippen LogP contribution in [0.15, 0.2) is 60.7 Å². The van der Waals surface area contributed by atoms with Crippen LogP contribution in [0.4, 0.5) is 4.39 Å². The number of benzene rings is 3. The number of halogens is 3. The molecule has 3 rings (SSSR count). The van der Waals surface area contributed by atoms with Gasteiger partial charge < -0.3 is 9.84 Å². The Morgan fingerprint density at radius 1 is 1.07 bits per heavy atom. The highest BCUT2D eigenvalue weighted by molar-refractivity contribution is 6.37. The van der Waals surface area contributed by atoms with Gasteiger partial charge in [0.1, 0.15) is 12.4 Å². The Hall–Kier alpha value is -3.33. The van der Waals surface area contributed by atoms with Crippen molar-refractivity contribution in [2.45, 2.75) is 6.61 Å². The molecule has 0 fully saturated rings. The number of nitriles is 1. The molecule has 3 aromatic carbocycles. The number of carboxylic acids is 1. The van der Waals surface area contributed by atoms with E-state index < -0.39 is 5.97 Å². The lowest BCUT2D eigenvalue weighted by molar-refractivity contribution is 0.0697. The molecule has 30 heavy (non-hydrogen) atoms. The molecule has 0 aliphatic heterocycles. The molecule has 0 aliphatic carbocycles. The van der Waals surface area contributed by atoms with Crippen molar-refractivity contribution >= 4 is 40.8 Å². The summed E-state index contributed by atoms with van der Waals surface area (Å²) < 4.78 is 18.9. The first-order valence-electron chi connectivity index (χ1n) is 8.69. The first-order chi connectivity index (χ1) is 14.4. The summed E-state index contributed by atoms with van der Waals surface area (Å²) in [5, 5.41) is 19.0. The van der Waals surface area contributed by atoms with Gasteiger partial charge in [-0.2, -0.15) is 5.26 Å². The van der Waals surface area contributed by atoms with Gasteiger partial charge in [-0.3, -0.25) is 0 Å². The maximum Gasteiger partial charge on any atom is 0.335 e. The SMILES string of the molecule is N#C/C(=C/c1cc(Cl)c(OCc2cccc(F)c2)c(Cl)c1)c1ccc(C(=O)O)cc1. The molecule has 4 nitrogen and oxygen atoms in total. The van der Waals surface area contributed by atoms with Gasteiger partial charge in [0.2, 0.25) is 0 Å². The number of carboxylic acid groups (broad SMARTS) is 1. The molecule has 0 radical (unpaired) electrons. The van der Waals surface area contributed by atoms with Crippen LogP contribution in [0.2, 0.25) is 10.0 Å². The van der Waals surface area contributed by atoms with E-state index in [1.54, 1.807) is 42.5 Å². The van der Waals surface area contributed by atoms with Crippen molar-refractivity contribution in [2.24, 2.45) is 0 Å². The molecular formula is C23H14Cl2FNO3. The summed E-state index contributed by atoms with van der Waals surface area (Å²) in [6.07, 6.45) is 1.59. The van der Waals surface area contributed by atoms with Gasteiger partial charge in [-0.1, -0.05) is 47.5 Å². The van der Waals surface area contributed by atoms with Gasteiger partial charge in [0.05, 0.1) is 27.3 Å². The maximum absolute atomic E-state index is 13.3. The summed E-state index contributed by atoms with van der Waals surface area (Å²) in [4.78, 5) is 11.0. The van der Waals surface area contributed by atoms with Crippen LogP contribution >= 0.6 is 23.2 Å². The van der Waals surface area contributed by atoms with E-state index >= 15 is 0 Å². The van der Waals surface area contributed by atoms with Crippen LogP contribution in [0.1, 0.15) is 27.0 Å². The lowest BCUT2D eigenvalue weighted by Crippen LogP contribution is -1.97. The van der Waals surface area contributed by atoms with Crippen LogP contribution in [0, 0.1) is 17.1 Å². The minimum Gasteiger partial charge on any atom is -0.486 e. The lowest BCUT2D eigenvalue weighted by Gasteiger charge is -2.11. The van der Waals surface area contributed by atoms with E-state index in [4.69, 9.17) is 33.0 Å². The smallest absolute Gasteiger partial charge is 0.335 e. The van der Waals surface area contributed by atoms with Gasteiger partial charge in [-0.05, 0) is 59.2 Å². The van der Waals surface area contributed by atoms with E-state index in [1.165, 1.54) is 24.3 Å². The fourth-order valence-corrected chi connectivity index (χ4v) is 3.34. The number of allylic oxidation sites excluding steroid dienone is 1. The van der Waals surface area contributed by atoms with Crippen molar-refractivity contribution in [1.29, 1.82) is 5.26 Å². The van der Waals surface area contributed by atoms with Gasteiger partial charge >= 0.3 is 5.97 Å². The van der Waals surface area contributed by atoms with Gasteiger partial charge in [-0.25, -0.2) is 9.18 Å². The predicted molar refractivity (Wildman–Crippen MR) is 114 cm³/mol. The highest BCUT2D eigenvalue weighted by Gasteiger charge is 2.11. The van der Waals surface area contributed by atoms with Gasteiger partial charge in [0, 0.05) is 0 Å². The molecule has 0 saturated carbocycles.